The molecule has 4 rings (SSSR count). The predicted molar refractivity (Wildman–Crippen MR) is 118 cm³/mol. The number of pyridine rings is 1. The van der Waals surface area contributed by atoms with Crippen molar-refractivity contribution in [1.82, 2.24) is 18.4 Å². The highest BCUT2D eigenvalue weighted by Crippen LogP contribution is 2.28. The van der Waals surface area contributed by atoms with Crippen LogP contribution in [0.2, 0.25) is 0 Å². The van der Waals surface area contributed by atoms with Gasteiger partial charge in [0.1, 0.15) is 6.54 Å². The van der Waals surface area contributed by atoms with Crippen molar-refractivity contribution >= 4 is 37.0 Å². The minimum Gasteiger partial charge on any atom is -0.480 e. The number of carboxylic acids is 1. The fourth-order valence-electron chi connectivity index (χ4n) is 4.07. The molecule has 176 valence electrons. The van der Waals surface area contributed by atoms with E-state index in [-0.39, 0.29) is 28.9 Å². The Hall–Kier alpha value is -3.03. The first-order chi connectivity index (χ1) is 15.5. The number of imidazole rings is 1. The van der Waals surface area contributed by atoms with Crippen LogP contribution >= 0.6 is 0 Å². The van der Waals surface area contributed by atoms with Gasteiger partial charge in [0.15, 0.2) is 15.5 Å². The van der Waals surface area contributed by atoms with Gasteiger partial charge >= 0.3 is 11.7 Å². The van der Waals surface area contributed by atoms with Gasteiger partial charge in [-0.15, -0.1) is 0 Å². The molecule has 0 aliphatic carbocycles. The number of carbonyl (C=O) groups is 1. The molecule has 0 amide bonds. The standard InChI is InChI=1S/C20H22N4O7S2/c1-32(28,29)15-4-6-16(7-5-15)33(30,31)22-11-8-14(9-12-22)24-19-17(3-2-10-21-19)23(20(24)27)13-18(25)26/h2-7,10,14H,8-9,11-13H2,1H3,(H,25,26). The van der Waals surface area contributed by atoms with Gasteiger partial charge in [-0.1, -0.05) is 0 Å². The molecule has 13 heteroatoms. The summed E-state index contributed by atoms with van der Waals surface area (Å²) in [5.74, 6) is -1.15. The van der Waals surface area contributed by atoms with Crippen molar-refractivity contribution < 1.29 is 26.7 Å². The summed E-state index contributed by atoms with van der Waals surface area (Å²) in [6, 6.07) is 7.97. The van der Waals surface area contributed by atoms with Gasteiger partial charge in [0.25, 0.3) is 0 Å². The van der Waals surface area contributed by atoms with Crippen LogP contribution in [0.3, 0.4) is 0 Å². The van der Waals surface area contributed by atoms with E-state index in [1.165, 1.54) is 39.3 Å². The molecule has 0 saturated carbocycles. The molecular formula is C20H22N4O7S2. The van der Waals surface area contributed by atoms with Crippen LogP contribution in [-0.4, -0.2) is 65.7 Å². The number of hydrogen-bond acceptors (Lipinski definition) is 7. The zero-order chi connectivity index (χ0) is 24.0. The van der Waals surface area contributed by atoms with Gasteiger partial charge in [0, 0.05) is 31.6 Å². The van der Waals surface area contributed by atoms with Crippen LogP contribution in [0.15, 0.2) is 57.2 Å². The normalized spacial score (nSPS) is 16.3. The lowest BCUT2D eigenvalue weighted by Crippen LogP contribution is -2.41. The second-order valence-corrected chi connectivity index (χ2v) is 11.8. The summed E-state index contributed by atoms with van der Waals surface area (Å²) in [6.45, 7) is -0.206. The number of benzene rings is 1. The lowest BCUT2D eigenvalue weighted by atomic mass is 10.1. The quantitative estimate of drug-likeness (QED) is 0.527. The molecule has 0 bridgehead atoms. The maximum Gasteiger partial charge on any atom is 0.331 e. The average Bonchev–Trinajstić information content (AvgIpc) is 3.04. The maximum atomic E-state index is 13.0. The van der Waals surface area contributed by atoms with Crippen molar-refractivity contribution in [2.75, 3.05) is 19.3 Å². The molecule has 2 aromatic heterocycles. The number of hydrogen-bond donors (Lipinski definition) is 1. The Morgan fingerprint density at radius 2 is 1.67 bits per heavy atom. The van der Waals surface area contributed by atoms with E-state index >= 15 is 0 Å². The van der Waals surface area contributed by atoms with Crippen molar-refractivity contribution in [2.45, 2.75) is 35.2 Å². The number of sulfone groups is 1. The van der Waals surface area contributed by atoms with E-state index in [1.54, 1.807) is 12.1 Å². The highest BCUT2D eigenvalue weighted by Gasteiger charge is 2.32. The first-order valence-electron chi connectivity index (χ1n) is 10.1. The Bertz CT molecular complexity index is 1480. The van der Waals surface area contributed by atoms with E-state index in [2.05, 4.69) is 4.98 Å². The highest BCUT2D eigenvalue weighted by molar-refractivity contribution is 7.90. The number of aromatic nitrogens is 3. The van der Waals surface area contributed by atoms with E-state index in [1.807, 2.05) is 0 Å². The molecule has 1 aliphatic rings. The SMILES string of the molecule is CS(=O)(=O)c1ccc(S(=O)(=O)N2CCC(n3c(=O)n(CC(=O)O)c4cccnc43)CC2)cc1. The molecule has 0 unspecified atom stereocenters. The molecule has 1 aliphatic heterocycles. The fourth-order valence-corrected chi connectivity index (χ4v) is 6.17. The Labute approximate surface area is 189 Å². The van der Waals surface area contributed by atoms with Crippen LogP contribution in [0, 0.1) is 0 Å². The molecule has 0 spiro atoms. The van der Waals surface area contributed by atoms with Gasteiger partial charge in [-0.25, -0.2) is 26.6 Å². The third-order valence-corrected chi connectivity index (χ3v) is 8.74. The van der Waals surface area contributed by atoms with Gasteiger partial charge in [0.05, 0.1) is 15.3 Å². The van der Waals surface area contributed by atoms with Crippen molar-refractivity contribution in [3.63, 3.8) is 0 Å². The number of nitrogens with zero attached hydrogens (tertiary/aromatic N) is 4. The fraction of sp³-hybridized carbons (Fsp3) is 0.350. The Morgan fingerprint density at radius 3 is 2.24 bits per heavy atom. The molecule has 0 atom stereocenters. The summed E-state index contributed by atoms with van der Waals surface area (Å²) in [6.07, 6.45) is 3.24. The van der Waals surface area contributed by atoms with E-state index < -0.39 is 38.1 Å². The Morgan fingerprint density at radius 1 is 1.06 bits per heavy atom. The van der Waals surface area contributed by atoms with E-state index in [9.17, 15) is 26.4 Å². The lowest BCUT2D eigenvalue weighted by molar-refractivity contribution is -0.137. The van der Waals surface area contributed by atoms with Crippen molar-refractivity contribution in [2.24, 2.45) is 0 Å². The minimum atomic E-state index is -3.84. The first kappa shape index (κ1) is 23.1. The summed E-state index contributed by atoms with van der Waals surface area (Å²) in [5.41, 5.74) is 0.274. The van der Waals surface area contributed by atoms with Crippen LogP contribution in [0.4, 0.5) is 0 Å². The molecule has 1 aromatic carbocycles. The zero-order valence-corrected chi connectivity index (χ0v) is 19.3. The van der Waals surface area contributed by atoms with Crippen LogP contribution in [0.5, 0.6) is 0 Å². The monoisotopic (exact) mass is 494 g/mol. The molecular weight excluding hydrogens is 472 g/mol. The van der Waals surface area contributed by atoms with Gasteiger partial charge in [-0.3, -0.25) is 13.9 Å². The molecule has 1 saturated heterocycles. The van der Waals surface area contributed by atoms with Gasteiger partial charge in [-0.2, -0.15) is 4.31 Å². The van der Waals surface area contributed by atoms with Gasteiger partial charge in [0.2, 0.25) is 10.0 Å². The Balaban J connectivity index is 1.58. The van der Waals surface area contributed by atoms with Crippen molar-refractivity contribution in [3.8, 4) is 0 Å². The molecule has 1 fully saturated rings. The van der Waals surface area contributed by atoms with Crippen molar-refractivity contribution in [1.29, 1.82) is 0 Å². The topological polar surface area (TPSA) is 149 Å². The van der Waals surface area contributed by atoms with Crippen LogP contribution in [0.1, 0.15) is 18.9 Å². The van der Waals surface area contributed by atoms with Crippen LogP contribution in [-0.2, 0) is 31.2 Å². The maximum absolute atomic E-state index is 13.0. The summed E-state index contributed by atoms with van der Waals surface area (Å²) >= 11 is 0. The zero-order valence-electron chi connectivity index (χ0n) is 17.7. The molecule has 11 nitrogen and oxygen atoms in total. The summed E-state index contributed by atoms with van der Waals surface area (Å²) in [5, 5.41) is 9.17. The lowest BCUT2D eigenvalue weighted by Gasteiger charge is -2.31. The smallest absolute Gasteiger partial charge is 0.331 e. The van der Waals surface area contributed by atoms with E-state index in [0.717, 1.165) is 10.8 Å². The molecule has 3 heterocycles. The number of carboxylic acid groups (broad SMARTS) is 1. The first-order valence-corrected chi connectivity index (χ1v) is 13.4. The molecule has 3 aromatic rings. The van der Waals surface area contributed by atoms with Crippen LogP contribution in [0.25, 0.3) is 11.2 Å². The van der Waals surface area contributed by atoms with Crippen LogP contribution < -0.4 is 5.69 Å². The average molecular weight is 495 g/mol. The third-order valence-electron chi connectivity index (χ3n) is 5.69. The summed E-state index contributed by atoms with van der Waals surface area (Å²) in [7, 11) is -7.28. The summed E-state index contributed by atoms with van der Waals surface area (Å²) < 4.78 is 53.2. The highest BCUT2D eigenvalue weighted by atomic mass is 32.2. The molecule has 0 radical (unpaired) electrons. The molecule has 1 N–H and O–H groups in total. The minimum absolute atomic E-state index is 0.00903. The second-order valence-electron chi connectivity index (χ2n) is 7.86. The van der Waals surface area contributed by atoms with E-state index in [0.29, 0.717) is 24.0 Å². The number of sulfonamides is 1. The Kier molecular flexibility index (Phi) is 5.88. The number of fused-ring (bicyclic) bond motifs is 1. The van der Waals surface area contributed by atoms with Crippen molar-refractivity contribution in [3.05, 3.63) is 53.1 Å². The third kappa shape index (κ3) is 4.30. The molecule has 33 heavy (non-hydrogen) atoms. The largest absolute Gasteiger partial charge is 0.480 e. The summed E-state index contributed by atoms with van der Waals surface area (Å²) in [4.78, 5) is 28.5. The van der Waals surface area contributed by atoms with Gasteiger partial charge < -0.3 is 5.11 Å². The van der Waals surface area contributed by atoms with E-state index in [4.69, 9.17) is 5.11 Å². The predicted octanol–water partition coefficient (Wildman–Crippen LogP) is 0.712. The number of piperidine rings is 1. The second kappa shape index (κ2) is 8.39. The number of rotatable bonds is 6. The van der Waals surface area contributed by atoms with Gasteiger partial charge in [-0.05, 0) is 49.2 Å². The number of aliphatic carboxylic acids is 1.